The van der Waals surface area contributed by atoms with E-state index in [1.165, 1.54) is 41.6 Å². The Morgan fingerprint density at radius 3 is 2.72 bits per heavy atom. The number of nitrogens with zero attached hydrogens (tertiary/aromatic N) is 2. The summed E-state index contributed by atoms with van der Waals surface area (Å²) in [5.41, 5.74) is 1.20. The molecule has 0 amide bonds. The van der Waals surface area contributed by atoms with E-state index < -0.39 is 0 Å². The lowest BCUT2D eigenvalue weighted by molar-refractivity contribution is 0.438. The van der Waals surface area contributed by atoms with Gasteiger partial charge >= 0.3 is 0 Å². The van der Waals surface area contributed by atoms with Crippen molar-refractivity contribution in [2.75, 3.05) is 24.5 Å². The van der Waals surface area contributed by atoms with E-state index in [1.807, 2.05) is 11.3 Å². The van der Waals surface area contributed by atoms with Crippen LogP contribution in [0, 0.1) is 12.8 Å². The summed E-state index contributed by atoms with van der Waals surface area (Å²) in [4.78, 5) is 8.62. The summed E-state index contributed by atoms with van der Waals surface area (Å²) in [5.74, 6) is 0.877. The Morgan fingerprint density at radius 2 is 2.11 bits per heavy atom. The molecule has 1 saturated heterocycles. The monoisotopic (exact) mass is 267 g/mol. The molecule has 0 spiro atoms. The molecule has 1 aromatic rings. The standard InChI is InChI=1S/C14H25N3S/c1-5-15-11(3)13-12(4)16-14(18-13)17-8-6-10(2)7-9-17/h10-11,15H,5-9H2,1-4H3. The van der Waals surface area contributed by atoms with Crippen molar-refractivity contribution in [2.24, 2.45) is 5.92 Å². The van der Waals surface area contributed by atoms with Crippen molar-refractivity contribution in [3.63, 3.8) is 0 Å². The van der Waals surface area contributed by atoms with Crippen molar-refractivity contribution < 1.29 is 0 Å². The van der Waals surface area contributed by atoms with E-state index in [0.717, 1.165) is 12.5 Å². The zero-order valence-corrected chi connectivity index (χ0v) is 12.8. The summed E-state index contributed by atoms with van der Waals surface area (Å²) in [6.45, 7) is 12.2. The number of anilines is 1. The second kappa shape index (κ2) is 6.02. The van der Waals surface area contributed by atoms with Crippen molar-refractivity contribution >= 4 is 16.5 Å². The molecular formula is C14H25N3S. The first-order valence-corrected chi connectivity index (χ1v) is 7.89. The summed E-state index contributed by atoms with van der Waals surface area (Å²) in [5, 5.41) is 4.70. The maximum absolute atomic E-state index is 4.77. The van der Waals surface area contributed by atoms with Gasteiger partial charge in [0.1, 0.15) is 0 Å². The average Bonchev–Trinajstić information content (AvgIpc) is 2.72. The highest BCUT2D eigenvalue weighted by Crippen LogP contribution is 2.32. The molecule has 2 rings (SSSR count). The predicted molar refractivity (Wildman–Crippen MR) is 79.6 cm³/mol. The van der Waals surface area contributed by atoms with Crippen LogP contribution in [-0.2, 0) is 0 Å². The molecule has 1 aromatic heterocycles. The van der Waals surface area contributed by atoms with Crippen LogP contribution < -0.4 is 10.2 Å². The Hall–Kier alpha value is -0.610. The first-order chi connectivity index (χ1) is 8.61. The molecule has 4 heteroatoms. The highest BCUT2D eigenvalue weighted by Gasteiger charge is 2.21. The molecule has 1 atom stereocenters. The van der Waals surface area contributed by atoms with Gasteiger partial charge in [0.05, 0.1) is 5.69 Å². The Bertz CT molecular complexity index is 380. The quantitative estimate of drug-likeness (QED) is 0.906. The van der Waals surface area contributed by atoms with Crippen LogP contribution in [0.4, 0.5) is 5.13 Å². The highest BCUT2D eigenvalue weighted by atomic mass is 32.1. The van der Waals surface area contributed by atoms with Gasteiger partial charge in [-0.1, -0.05) is 13.8 Å². The van der Waals surface area contributed by atoms with E-state index in [-0.39, 0.29) is 0 Å². The molecule has 0 aliphatic carbocycles. The molecule has 1 fully saturated rings. The minimum atomic E-state index is 0.421. The zero-order valence-electron chi connectivity index (χ0n) is 12.0. The predicted octanol–water partition coefficient (Wildman–Crippen LogP) is 3.36. The molecule has 0 saturated carbocycles. The number of aromatic nitrogens is 1. The summed E-state index contributed by atoms with van der Waals surface area (Å²) in [6, 6.07) is 0.421. The molecule has 0 radical (unpaired) electrons. The van der Waals surface area contributed by atoms with Gasteiger partial charge in [0.15, 0.2) is 5.13 Å². The fraction of sp³-hybridized carbons (Fsp3) is 0.786. The van der Waals surface area contributed by atoms with Crippen LogP contribution in [0.5, 0.6) is 0 Å². The van der Waals surface area contributed by atoms with Gasteiger partial charge in [0.25, 0.3) is 0 Å². The van der Waals surface area contributed by atoms with Gasteiger partial charge < -0.3 is 10.2 Å². The van der Waals surface area contributed by atoms with E-state index in [2.05, 4.69) is 37.9 Å². The first-order valence-electron chi connectivity index (χ1n) is 7.07. The third kappa shape index (κ3) is 3.04. The average molecular weight is 267 g/mol. The number of nitrogens with one attached hydrogen (secondary N) is 1. The Kier molecular flexibility index (Phi) is 4.62. The van der Waals surface area contributed by atoms with Crippen LogP contribution in [0.25, 0.3) is 0 Å². The van der Waals surface area contributed by atoms with E-state index in [0.29, 0.717) is 6.04 Å². The summed E-state index contributed by atoms with van der Waals surface area (Å²) < 4.78 is 0. The van der Waals surface area contributed by atoms with Crippen molar-refractivity contribution in [3.05, 3.63) is 10.6 Å². The van der Waals surface area contributed by atoms with Crippen LogP contribution >= 0.6 is 11.3 Å². The summed E-state index contributed by atoms with van der Waals surface area (Å²) in [6.07, 6.45) is 2.60. The van der Waals surface area contributed by atoms with Crippen LogP contribution in [0.15, 0.2) is 0 Å². The lowest BCUT2D eigenvalue weighted by Gasteiger charge is -2.29. The molecule has 0 bridgehead atoms. The Labute approximate surface area is 115 Å². The lowest BCUT2D eigenvalue weighted by atomic mass is 10.00. The highest BCUT2D eigenvalue weighted by molar-refractivity contribution is 7.15. The van der Waals surface area contributed by atoms with E-state index in [9.17, 15) is 0 Å². The molecule has 1 aliphatic heterocycles. The van der Waals surface area contributed by atoms with Gasteiger partial charge in [-0.25, -0.2) is 4.98 Å². The van der Waals surface area contributed by atoms with Crippen molar-refractivity contribution in [1.82, 2.24) is 10.3 Å². The maximum atomic E-state index is 4.77. The van der Waals surface area contributed by atoms with Crippen LogP contribution in [0.1, 0.15) is 50.2 Å². The van der Waals surface area contributed by atoms with Gasteiger partial charge in [0, 0.05) is 24.0 Å². The van der Waals surface area contributed by atoms with Crippen LogP contribution in [0.3, 0.4) is 0 Å². The number of piperidine rings is 1. The van der Waals surface area contributed by atoms with Gasteiger partial charge in [0.2, 0.25) is 0 Å². The third-order valence-electron chi connectivity index (χ3n) is 3.78. The van der Waals surface area contributed by atoms with Gasteiger partial charge in [-0.3, -0.25) is 0 Å². The van der Waals surface area contributed by atoms with Crippen LogP contribution in [0.2, 0.25) is 0 Å². The zero-order chi connectivity index (χ0) is 13.1. The van der Waals surface area contributed by atoms with Crippen LogP contribution in [-0.4, -0.2) is 24.6 Å². The SMILES string of the molecule is CCNC(C)c1sc(N2CCC(C)CC2)nc1C. The van der Waals surface area contributed by atoms with Gasteiger partial charge in [-0.15, -0.1) is 11.3 Å². The molecule has 1 N–H and O–H groups in total. The first kappa shape index (κ1) is 13.8. The third-order valence-corrected chi connectivity index (χ3v) is 5.18. The molecule has 1 aliphatic rings. The van der Waals surface area contributed by atoms with E-state index in [1.54, 1.807) is 0 Å². The normalized spacial score (nSPS) is 19.2. The molecular weight excluding hydrogens is 242 g/mol. The largest absolute Gasteiger partial charge is 0.348 e. The fourth-order valence-electron chi connectivity index (χ4n) is 2.53. The molecule has 3 nitrogen and oxygen atoms in total. The molecule has 1 unspecified atom stereocenters. The lowest BCUT2D eigenvalue weighted by Crippen LogP contribution is -2.32. The minimum absolute atomic E-state index is 0.421. The molecule has 0 aromatic carbocycles. The van der Waals surface area contributed by atoms with E-state index >= 15 is 0 Å². The second-order valence-corrected chi connectivity index (χ2v) is 6.40. The number of thiazole rings is 1. The van der Waals surface area contributed by atoms with Crippen molar-refractivity contribution in [1.29, 1.82) is 0 Å². The van der Waals surface area contributed by atoms with Gasteiger partial charge in [-0.05, 0) is 39.2 Å². The number of hydrogen-bond donors (Lipinski definition) is 1. The minimum Gasteiger partial charge on any atom is -0.348 e. The molecule has 2 heterocycles. The summed E-state index contributed by atoms with van der Waals surface area (Å²) >= 11 is 1.87. The topological polar surface area (TPSA) is 28.2 Å². The molecule has 18 heavy (non-hydrogen) atoms. The molecule has 102 valence electrons. The summed E-state index contributed by atoms with van der Waals surface area (Å²) in [7, 11) is 0. The number of hydrogen-bond acceptors (Lipinski definition) is 4. The maximum Gasteiger partial charge on any atom is 0.185 e. The van der Waals surface area contributed by atoms with Crippen molar-refractivity contribution in [2.45, 2.75) is 46.6 Å². The fourth-order valence-corrected chi connectivity index (χ4v) is 3.67. The van der Waals surface area contributed by atoms with Gasteiger partial charge in [-0.2, -0.15) is 0 Å². The Balaban J connectivity index is 2.08. The van der Waals surface area contributed by atoms with Crippen molar-refractivity contribution in [3.8, 4) is 0 Å². The number of rotatable bonds is 4. The smallest absolute Gasteiger partial charge is 0.185 e. The second-order valence-electron chi connectivity index (χ2n) is 5.40. The van der Waals surface area contributed by atoms with E-state index in [4.69, 9.17) is 4.98 Å². The number of aryl methyl sites for hydroxylation is 1. The Morgan fingerprint density at radius 1 is 1.44 bits per heavy atom.